The maximum atomic E-state index is 12.7. The van der Waals surface area contributed by atoms with E-state index in [4.69, 9.17) is 0 Å². The number of Topliss-reactive ketones (excluding diaryl/α,β-unsaturated/α-hetero) is 1. The van der Waals surface area contributed by atoms with E-state index in [-0.39, 0.29) is 34.3 Å². The molecule has 1 amide bonds. The summed E-state index contributed by atoms with van der Waals surface area (Å²) in [5.74, 6) is -0.832. The highest BCUT2D eigenvalue weighted by Crippen LogP contribution is 2.41. The van der Waals surface area contributed by atoms with Crippen LogP contribution in [0.4, 0.5) is 0 Å². The molecule has 0 bridgehead atoms. The van der Waals surface area contributed by atoms with Crippen LogP contribution < -0.4 is 5.32 Å². The predicted molar refractivity (Wildman–Crippen MR) is 97.6 cm³/mol. The first-order valence-electron chi connectivity index (χ1n) is 8.99. The Bertz CT molecular complexity index is 704. The van der Waals surface area contributed by atoms with Crippen LogP contribution in [-0.2, 0) is 4.79 Å². The van der Waals surface area contributed by atoms with Gasteiger partial charge in [-0.3, -0.25) is 9.59 Å². The van der Waals surface area contributed by atoms with Crippen molar-refractivity contribution in [1.29, 1.82) is 0 Å². The SMILES string of the molecule is CCCCNC(=O)C1=C(CCCC(C)C)c2cc(O)c(O)cc2C1=O. The van der Waals surface area contributed by atoms with Gasteiger partial charge in [-0.2, -0.15) is 0 Å². The molecule has 0 spiro atoms. The Kier molecular flexibility index (Phi) is 6.23. The van der Waals surface area contributed by atoms with E-state index in [0.29, 0.717) is 30.0 Å². The Balaban J connectivity index is 2.36. The lowest BCUT2D eigenvalue weighted by molar-refractivity contribution is -0.117. The second-order valence-electron chi connectivity index (χ2n) is 6.96. The van der Waals surface area contributed by atoms with Crippen LogP contribution in [0.5, 0.6) is 11.5 Å². The molecule has 3 N–H and O–H groups in total. The molecule has 0 aromatic heterocycles. The van der Waals surface area contributed by atoms with Gasteiger partial charge in [0.15, 0.2) is 17.3 Å². The molecular formula is C20H27NO4. The number of unbranched alkanes of at least 4 members (excludes halogenated alkanes) is 1. The Labute approximate surface area is 148 Å². The molecule has 0 radical (unpaired) electrons. The van der Waals surface area contributed by atoms with Gasteiger partial charge in [-0.15, -0.1) is 0 Å². The number of carbonyl (C=O) groups is 2. The molecule has 0 fully saturated rings. The number of fused-ring (bicyclic) bond motifs is 1. The van der Waals surface area contributed by atoms with E-state index in [1.807, 2.05) is 6.92 Å². The third-order valence-electron chi connectivity index (χ3n) is 4.46. The molecule has 0 unspecified atom stereocenters. The molecule has 136 valence electrons. The molecule has 0 heterocycles. The minimum Gasteiger partial charge on any atom is -0.504 e. The van der Waals surface area contributed by atoms with Crippen LogP contribution in [0.1, 0.15) is 68.8 Å². The second kappa shape index (κ2) is 8.19. The van der Waals surface area contributed by atoms with Crippen molar-refractivity contribution in [2.24, 2.45) is 5.92 Å². The Morgan fingerprint density at radius 3 is 2.36 bits per heavy atom. The van der Waals surface area contributed by atoms with Gasteiger partial charge in [0.2, 0.25) is 0 Å². The number of rotatable bonds is 8. The maximum Gasteiger partial charge on any atom is 0.255 e. The number of benzene rings is 1. The molecule has 1 aromatic carbocycles. The van der Waals surface area contributed by atoms with Crippen LogP contribution >= 0.6 is 0 Å². The van der Waals surface area contributed by atoms with Crippen molar-refractivity contribution in [3.8, 4) is 11.5 Å². The van der Waals surface area contributed by atoms with Gasteiger partial charge in [0.05, 0.1) is 5.57 Å². The van der Waals surface area contributed by atoms with Crippen molar-refractivity contribution in [2.75, 3.05) is 6.54 Å². The van der Waals surface area contributed by atoms with Crippen LogP contribution in [0.15, 0.2) is 17.7 Å². The van der Waals surface area contributed by atoms with E-state index in [2.05, 4.69) is 19.2 Å². The summed E-state index contributed by atoms with van der Waals surface area (Å²) in [4.78, 5) is 25.3. The Morgan fingerprint density at radius 2 is 1.76 bits per heavy atom. The van der Waals surface area contributed by atoms with E-state index in [1.54, 1.807) is 0 Å². The lowest BCUT2D eigenvalue weighted by Gasteiger charge is -2.10. The molecule has 5 nitrogen and oxygen atoms in total. The highest BCUT2D eigenvalue weighted by molar-refractivity contribution is 6.34. The van der Waals surface area contributed by atoms with E-state index in [1.165, 1.54) is 12.1 Å². The summed E-state index contributed by atoms with van der Waals surface area (Å²) in [6, 6.07) is 2.64. The van der Waals surface area contributed by atoms with Crippen LogP contribution in [0.3, 0.4) is 0 Å². The van der Waals surface area contributed by atoms with Gasteiger partial charge in [-0.05, 0) is 48.4 Å². The topological polar surface area (TPSA) is 86.6 Å². The van der Waals surface area contributed by atoms with Gasteiger partial charge in [0.1, 0.15) is 0 Å². The van der Waals surface area contributed by atoms with Gasteiger partial charge in [-0.1, -0.05) is 33.6 Å². The summed E-state index contributed by atoms with van der Waals surface area (Å²) in [5.41, 5.74) is 1.67. The molecule has 0 aliphatic heterocycles. The lowest BCUT2D eigenvalue weighted by Crippen LogP contribution is -2.28. The molecule has 0 saturated carbocycles. The smallest absolute Gasteiger partial charge is 0.255 e. The molecule has 25 heavy (non-hydrogen) atoms. The van der Waals surface area contributed by atoms with Gasteiger partial charge >= 0.3 is 0 Å². The van der Waals surface area contributed by atoms with Crippen molar-refractivity contribution in [1.82, 2.24) is 5.32 Å². The normalized spacial score (nSPS) is 13.5. The quantitative estimate of drug-likeness (QED) is 0.380. The molecule has 0 atom stereocenters. The van der Waals surface area contributed by atoms with Crippen molar-refractivity contribution < 1.29 is 19.8 Å². The zero-order valence-corrected chi connectivity index (χ0v) is 15.2. The van der Waals surface area contributed by atoms with E-state index < -0.39 is 0 Å². The molecular weight excluding hydrogens is 318 g/mol. The third kappa shape index (κ3) is 4.21. The number of phenols is 2. The summed E-state index contributed by atoms with van der Waals surface area (Å²) in [7, 11) is 0. The maximum absolute atomic E-state index is 12.7. The second-order valence-corrected chi connectivity index (χ2v) is 6.96. The molecule has 5 heteroatoms. The summed E-state index contributed by atoms with van der Waals surface area (Å²) in [5, 5.41) is 22.3. The average Bonchev–Trinajstić information content (AvgIpc) is 2.80. The lowest BCUT2D eigenvalue weighted by atomic mass is 9.96. The Hall–Kier alpha value is -2.30. The Morgan fingerprint density at radius 1 is 1.12 bits per heavy atom. The molecule has 1 aromatic rings. The fourth-order valence-electron chi connectivity index (χ4n) is 3.07. The van der Waals surface area contributed by atoms with Gasteiger partial charge in [0.25, 0.3) is 5.91 Å². The van der Waals surface area contributed by atoms with Crippen molar-refractivity contribution in [2.45, 2.75) is 52.9 Å². The number of nitrogens with one attached hydrogen (secondary N) is 1. The highest BCUT2D eigenvalue weighted by Gasteiger charge is 2.34. The minimum absolute atomic E-state index is 0.153. The van der Waals surface area contributed by atoms with Crippen LogP contribution in [0, 0.1) is 5.92 Å². The number of aromatic hydroxyl groups is 2. The van der Waals surface area contributed by atoms with Crippen LogP contribution in [0.2, 0.25) is 0 Å². The monoisotopic (exact) mass is 345 g/mol. The van der Waals surface area contributed by atoms with E-state index in [9.17, 15) is 19.8 Å². The minimum atomic E-state index is -0.376. The highest BCUT2D eigenvalue weighted by atomic mass is 16.3. The van der Waals surface area contributed by atoms with Crippen molar-refractivity contribution in [3.05, 3.63) is 28.8 Å². The fraction of sp³-hybridized carbons (Fsp3) is 0.500. The molecule has 0 saturated heterocycles. The number of amides is 1. The summed E-state index contributed by atoms with van der Waals surface area (Å²) in [6.45, 7) is 6.82. The molecule has 1 aliphatic rings. The van der Waals surface area contributed by atoms with Crippen molar-refractivity contribution in [3.63, 3.8) is 0 Å². The van der Waals surface area contributed by atoms with Crippen molar-refractivity contribution >= 4 is 17.3 Å². The third-order valence-corrected chi connectivity index (χ3v) is 4.46. The van der Waals surface area contributed by atoms with Gasteiger partial charge in [-0.25, -0.2) is 0 Å². The number of phenolic OH excluding ortho intramolecular Hbond substituents is 2. The first-order valence-corrected chi connectivity index (χ1v) is 8.99. The number of ketones is 1. The summed E-state index contributed by atoms with van der Waals surface area (Å²) in [6.07, 6.45) is 4.24. The summed E-state index contributed by atoms with van der Waals surface area (Å²) >= 11 is 0. The van der Waals surface area contributed by atoms with Crippen LogP contribution in [-0.4, -0.2) is 28.4 Å². The van der Waals surface area contributed by atoms with Gasteiger partial charge < -0.3 is 15.5 Å². The van der Waals surface area contributed by atoms with E-state index in [0.717, 1.165) is 25.7 Å². The van der Waals surface area contributed by atoms with Gasteiger partial charge in [0, 0.05) is 12.1 Å². The number of hydrogen-bond acceptors (Lipinski definition) is 4. The first kappa shape index (κ1) is 19.0. The number of carbonyl (C=O) groups excluding carboxylic acids is 2. The summed E-state index contributed by atoms with van der Waals surface area (Å²) < 4.78 is 0. The standard InChI is InChI=1S/C20H27NO4/c1-4-5-9-21-20(25)18-13(8-6-7-12(2)3)14-10-16(22)17(23)11-15(14)19(18)24/h10-12,22-23H,4-9H2,1-3H3,(H,21,25). The molecule has 2 rings (SSSR count). The average molecular weight is 345 g/mol. The van der Waals surface area contributed by atoms with E-state index >= 15 is 0 Å². The van der Waals surface area contributed by atoms with Crippen LogP contribution in [0.25, 0.3) is 5.57 Å². The molecule has 1 aliphatic carbocycles. The predicted octanol–water partition coefficient (Wildman–Crippen LogP) is 3.79. The zero-order chi connectivity index (χ0) is 18.6. The first-order chi connectivity index (χ1) is 11.9. The largest absolute Gasteiger partial charge is 0.504 e. The fourth-order valence-corrected chi connectivity index (χ4v) is 3.07. The zero-order valence-electron chi connectivity index (χ0n) is 15.2. The number of allylic oxidation sites excluding steroid dienone is 1. The number of hydrogen-bond donors (Lipinski definition) is 3.